The maximum atomic E-state index is 13.9. The van der Waals surface area contributed by atoms with Crippen LogP contribution in [0.15, 0.2) is 35.5 Å². The van der Waals surface area contributed by atoms with Gasteiger partial charge in [0, 0.05) is 38.2 Å². The van der Waals surface area contributed by atoms with Crippen molar-refractivity contribution in [2.24, 2.45) is 17.8 Å². The number of epoxide rings is 1. The van der Waals surface area contributed by atoms with E-state index in [1.54, 1.807) is 12.2 Å². The number of aliphatic hydroxyl groups excluding tert-OH is 3. The molecule has 0 aromatic carbocycles. The molecular weight excluding hydrogens is 532 g/mol. The molecule has 2 bridgehead atoms. The number of carbonyl (C=O) groups is 1. The van der Waals surface area contributed by atoms with Crippen molar-refractivity contribution in [3.63, 3.8) is 0 Å². The average molecular weight is 577 g/mol. The lowest BCUT2D eigenvalue weighted by atomic mass is 9.70. The second-order valence-electron chi connectivity index (χ2n) is 13.2. The van der Waals surface area contributed by atoms with Crippen LogP contribution in [0.2, 0.25) is 0 Å². The zero-order valence-corrected chi connectivity index (χ0v) is 24.1. The summed E-state index contributed by atoms with van der Waals surface area (Å²) in [6, 6.07) is 0. The molecule has 4 fully saturated rings. The highest BCUT2D eigenvalue weighted by atomic mass is 16.7. The number of rotatable bonds is 2. The average Bonchev–Trinajstić information content (AvgIpc) is 3.41. The molecule has 5 aliphatic heterocycles. The van der Waals surface area contributed by atoms with Gasteiger partial charge in [-0.25, -0.2) is 0 Å². The fourth-order valence-electron chi connectivity index (χ4n) is 7.60. The van der Waals surface area contributed by atoms with Crippen LogP contribution in [-0.4, -0.2) is 99.8 Å². The number of esters is 1. The standard InChI is InChI=1S/C31H44O10/c1-17-7-8-30(39-18(17)2)13-23-10-22(40-30)11-25-29(3,41-25)12-19(14-32)5-4-6-21-16-37-27-26(34)20(15-33)9-24(28(35)38-23)31(21,27)36/h4-6,9,17-19,22-27,32-34,36H,7-8,10-16H2,1-3H3/b5-4+,21-6+/t17-,18?,19-,22-,23-,24-,25-,26+,27+,29-,30-,31+/m0/s1. The van der Waals surface area contributed by atoms with E-state index in [-0.39, 0.29) is 43.0 Å². The number of ether oxygens (including phenoxy) is 5. The van der Waals surface area contributed by atoms with Gasteiger partial charge in [-0.1, -0.05) is 31.2 Å². The van der Waals surface area contributed by atoms with Gasteiger partial charge in [0.1, 0.15) is 29.8 Å². The SMILES string of the molecule is CC1O[C@]2(CC[C@@H]1C)C[C@@H]1C[C@@H](C[C@@H]3O[C@@]3(C)C[C@@H](CO)/C=C/C=C3\CO[C@@H]4[C@H](O)C(CO)=C[C@@H](C(=O)O1)[C@]34O)O2. The van der Waals surface area contributed by atoms with Gasteiger partial charge in [0.05, 0.1) is 37.1 Å². The van der Waals surface area contributed by atoms with Crippen LogP contribution in [-0.2, 0) is 28.5 Å². The maximum Gasteiger partial charge on any atom is 0.316 e. The molecule has 5 heterocycles. The molecule has 228 valence electrons. The molecule has 6 rings (SSSR count). The predicted molar refractivity (Wildman–Crippen MR) is 145 cm³/mol. The molecule has 0 aromatic heterocycles. The van der Waals surface area contributed by atoms with Crippen molar-refractivity contribution in [3.8, 4) is 0 Å². The lowest BCUT2D eigenvalue weighted by Gasteiger charge is -2.49. The van der Waals surface area contributed by atoms with Gasteiger partial charge in [0.15, 0.2) is 5.79 Å². The third-order valence-electron chi connectivity index (χ3n) is 10.3. The normalized spacial score (nSPS) is 52.0. The number of carbonyl (C=O) groups excluding carboxylic acids is 1. The Morgan fingerprint density at radius 1 is 1.07 bits per heavy atom. The molecule has 4 saturated heterocycles. The van der Waals surface area contributed by atoms with Crippen molar-refractivity contribution in [2.45, 2.75) is 113 Å². The summed E-state index contributed by atoms with van der Waals surface area (Å²) in [5.41, 5.74) is -1.65. The van der Waals surface area contributed by atoms with Crippen molar-refractivity contribution >= 4 is 5.97 Å². The summed E-state index contributed by atoms with van der Waals surface area (Å²) in [6.07, 6.45) is 7.07. The van der Waals surface area contributed by atoms with Crippen molar-refractivity contribution in [3.05, 3.63) is 35.5 Å². The zero-order valence-electron chi connectivity index (χ0n) is 24.1. The topological polar surface area (TPSA) is 147 Å². The van der Waals surface area contributed by atoms with Gasteiger partial charge in [0.25, 0.3) is 0 Å². The highest BCUT2D eigenvalue weighted by Crippen LogP contribution is 2.50. The van der Waals surface area contributed by atoms with E-state index in [0.29, 0.717) is 43.6 Å². The Morgan fingerprint density at radius 2 is 1.88 bits per heavy atom. The Labute approximate surface area is 240 Å². The molecule has 0 aromatic rings. The first-order valence-electron chi connectivity index (χ1n) is 15.1. The summed E-state index contributed by atoms with van der Waals surface area (Å²) in [5.74, 6) is -2.54. The van der Waals surface area contributed by atoms with Crippen molar-refractivity contribution < 1.29 is 48.9 Å². The van der Waals surface area contributed by atoms with Crippen LogP contribution in [0.25, 0.3) is 0 Å². The Morgan fingerprint density at radius 3 is 2.61 bits per heavy atom. The minimum Gasteiger partial charge on any atom is -0.462 e. The minimum atomic E-state index is -1.87. The van der Waals surface area contributed by atoms with E-state index >= 15 is 0 Å². The Hall–Kier alpha value is -1.63. The molecule has 41 heavy (non-hydrogen) atoms. The fraction of sp³-hybridized carbons (Fsp3) is 0.774. The quantitative estimate of drug-likeness (QED) is 0.218. The van der Waals surface area contributed by atoms with E-state index in [9.17, 15) is 25.2 Å². The first-order chi connectivity index (χ1) is 19.5. The molecule has 1 spiro atoms. The molecule has 0 radical (unpaired) electrons. The molecule has 0 saturated carbocycles. The van der Waals surface area contributed by atoms with Crippen molar-refractivity contribution in [1.82, 2.24) is 0 Å². The van der Waals surface area contributed by atoms with Crippen LogP contribution in [0.3, 0.4) is 0 Å². The van der Waals surface area contributed by atoms with E-state index < -0.39 is 53.8 Å². The highest BCUT2D eigenvalue weighted by molar-refractivity contribution is 5.78. The minimum absolute atomic E-state index is 0.00203. The van der Waals surface area contributed by atoms with Gasteiger partial charge < -0.3 is 44.1 Å². The van der Waals surface area contributed by atoms with E-state index in [4.69, 9.17) is 23.7 Å². The summed E-state index contributed by atoms with van der Waals surface area (Å²) in [6.45, 7) is 5.69. The molecule has 1 unspecified atom stereocenters. The Bertz CT molecular complexity index is 1120. The smallest absolute Gasteiger partial charge is 0.316 e. The molecule has 10 heteroatoms. The summed E-state index contributed by atoms with van der Waals surface area (Å²) >= 11 is 0. The lowest BCUT2D eigenvalue weighted by Crippen LogP contribution is -2.58. The van der Waals surface area contributed by atoms with E-state index in [2.05, 4.69) is 6.92 Å². The first-order valence-corrected chi connectivity index (χ1v) is 15.1. The van der Waals surface area contributed by atoms with Gasteiger partial charge in [-0.2, -0.15) is 0 Å². The van der Waals surface area contributed by atoms with Gasteiger partial charge in [0.2, 0.25) is 0 Å². The number of allylic oxidation sites excluding steroid dienone is 2. The third kappa shape index (κ3) is 5.25. The van der Waals surface area contributed by atoms with Gasteiger partial charge in [-0.3, -0.25) is 4.79 Å². The molecule has 6 aliphatic rings. The molecule has 1 aliphatic carbocycles. The van der Waals surface area contributed by atoms with Crippen LogP contribution in [0.4, 0.5) is 0 Å². The Kier molecular flexibility index (Phi) is 7.77. The third-order valence-corrected chi connectivity index (χ3v) is 10.3. The predicted octanol–water partition coefficient (Wildman–Crippen LogP) is 1.69. The lowest BCUT2D eigenvalue weighted by molar-refractivity contribution is -0.333. The number of hydrogen-bond donors (Lipinski definition) is 4. The summed E-state index contributed by atoms with van der Waals surface area (Å²) in [7, 11) is 0. The summed E-state index contributed by atoms with van der Waals surface area (Å²) in [5, 5.41) is 43.0. The zero-order chi connectivity index (χ0) is 29.2. The number of aliphatic hydroxyl groups is 4. The largest absolute Gasteiger partial charge is 0.462 e. The van der Waals surface area contributed by atoms with Crippen LogP contribution in [0, 0.1) is 17.8 Å². The summed E-state index contributed by atoms with van der Waals surface area (Å²) in [4.78, 5) is 13.9. The van der Waals surface area contributed by atoms with Crippen LogP contribution in [0.1, 0.15) is 59.3 Å². The van der Waals surface area contributed by atoms with E-state index in [1.807, 2.05) is 19.9 Å². The molecule has 4 N–H and O–H groups in total. The van der Waals surface area contributed by atoms with Crippen LogP contribution >= 0.6 is 0 Å². The van der Waals surface area contributed by atoms with Crippen molar-refractivity contribution in [1.29, 1.82) is 0 Å². The molecular formula is C31H44O10. The first kappa shape index (κ1) is 29.4. The van der Waals surface area contributed by atoms with Crippen LogP contribution < -0.4 is 0 Å². The second kappa shape index (κ2) is 10.8. The highest BCUT2D eigenvalue weighted by Gasteiger charge is 2.61. The second-order valence-corrected chi connectivity index (χ2v) is 13.2. The fourth-order valence-corrected chi connectivity index (χ4v) is 7.60. The molecule has 0 amide bonds. The van der Waals surface area contributed by atoms with Crippen molar-refractivity contribution in [2.75, 3.05) is 19.8 Å². The monoisotopic (exact) mass is 576 g/mol. The Balaban J connectivity index is 1.37. The van der Waals surface area contributed by atoms with Gasteiger partial charge in [-0.15, -0.1) is 0 Å². The number of fused-ring (bicyclic) bond motifs is 3. The van der Waals surface area contributed by atoms with Gasteiger partial charge >= 0.3 is 5.97 Å². The van der Waals surface area contributed by atoms with Crippen LogP contribution in [0.5, 0.6) is 0 Å². The van der Waals surface area contributed by atoms with Gasteiger partial charge in [-0.05, 0) is 43.8 Å². The molecule has 10 nitrogen and oxygen atoms in total. The van der Waals surface area contributed by atoms with E-state index in [1.165, 1.54) is 6.08 Å². The van der Waals surface area contributed by atoms with E-state index in [0.717, 1.165) is 6.42 Å². The number of hydrogen-bond acceptors (Lipinski definition) is 10. The maximum absolute atomic E-state index is 13.9. The molecule has 12 atom stereocenters. The summed E-state index contributed by atoms with van der Waals surface area (Å²) < 4.78 is 31.3.